The van der Waals surface area contributed by atoms with Crippen molar-refractivity contribution in [2.24, 2.45) is 0 Å². The highest BCUT2D eigenvalue weighted by molar-refractivity contribution is 7.87. The zero-order chi connectivity index (χ0) is 13.4. The number of hydrogen-bond donors (Lipinski definition) is 2. The molecule has 0 aromatic heterocycles. The maximum Gasteiger partial charge on any atom is 0.408 e. The lowest BCUT2D eigenvalue weighted by Crippen LogP contribution is -2.64. The fourth-order valence-electron chi connectivity index (χ4n) is 1.16. The van der Waals surface area contributed by atoms with Crippen LogP contribution >= 0.6 is 12.2 Å². The van der Waals surface area contributed by atoms with Crippen molar-refractivity contribution in [1.29, 1.82) is 0 Å². The number of thiocarbonyl (C=S) groups is 1. The van der Waals surface area contributed by atoms with Crippen molar-refractivity contribution in [1.82, 2.24) is 9.62 Å². The molecule has 1 aliphatic heterocycles. The van der Waals surface area contributed by atoms with Gasteiger partial charge in [0.1, 0.15) is 16.6 Å². The molecule has 7 nitrogen and oxygen atoms in total. The number of hydrogen-bond acceptors (Lipinski definition) is 5. The van der Waals surface area contributed by atoms with Crippen LogP contribution in [-0.4, -0.2) is 46.5 Å². The molecule has 9 heteroatoms. The first-order chi connectivity index (χ1) is 7.50. The highest BCUT2D eigenvalue weighted by Crippen LogP contribution is 2.17. The number of rotatable bonds is 2. The zero-order valence-electron chi connectivity index (χ0n) is 9.63. The number of ether oxygens (including phenoxy) is 1. The average molecular weight is 282 g/mol. The predicted octanol–water partition coefficient (Wildman–Crippen LogP) is 0.326. The number of amides is 1. The normalized spacial score (nSPS) is 20.8. The Morgan fingerprint density at radius 3 is 2.47 bits per heavy atom. The molecule has 0 radical (unpaired) electrons. The van der Waals surface area contributed by atoms with E-state index in [4.69, 9.17) is 21.5 Å². The molecule has 1 fully saturated rings. The van der Waals surface area contributed by atoms with Gasteiger partial charge in [-0.1, -0.05) is 12.2 Å². The summed E-state index contributed by atoms with van der Waals surface area (Å²) in [7, 11) is -4.32. The highest BCUT2D eigenvalue weighted by Gasteiger charge is 2.41. The first-order valence-corrected chi connectivity index (χ1v) is 6.60. The molecule has 1 rings (SSSR count). The number of nitrogens with zero attached hydrogens (tertiary/aromatic N) is 1. The van der Waals surface area contributed by atoms with Gasteiger partial charge in [-0.15, -0.1) is 0 Å². The van der Waals surface area contributed by atoms with E-state index in [1.54, 1.807) is 20.8 Å². The summed E-state index contributed by atoms with van der Waals surface area (Å²) in [6.45, 7) is 5.03. The van der Waals surface area contributed by atoms with Crippen LogP contribution in [0.3, 0.4) is 0 Å². The molecule has 1 atom stereocenters. The molecule has 0 spiro atoms. The Morgan fingerprint density at radius 2 is 2.12 bits per heavy atom. The Bertz CT molecular complexity index is 439. The molecule has 2 N–H and O–H groups in total. The largest absolute Gasteiger partial charge is 0.444 e. The molecule has 0 aromatic rings. The van der Waals surface area contributed by atoms with Gasteiger partial charge >= 0.3 is 16.4 Å². The van der Waals surface area contributed by atoms with Crippen molar-refractivity contribution in [2.45, 2.75) is 32.4 Å². The maximum atomic E-state index is 11.3. The summed E-state index contributed by atoms with van der Waals surface area (Å²) < 4.78 is 35.8. The third-order valence-corrected chi connectivity index (χ3v) is 3.39. The van der Waals surface area contributed by atoms with E-state index in [1.165, 1.54) is 0 Å². The van der Waals surface area contributed by atoms with Crippen molar-refractivity contribution >= 4 is 33.6 Å². The van der Waals surface area contributed by atoms with Crippen LogP contribution in [0.1, 0.15) is 20.8 Å². The molecule has 0 bridgehead atoms. The van der Waals surface area contributed by atoms with E-state index in [9.17, 15) is 13.2 Å². The summed E-state index contributed by atoms with van der Waals surface area (Å²) in [5, 5.41) is 2.41. The van der Waals surface area contributed by atoms with Crippen LogP contribution in [0.15, 0.2) is 0 Å². The highest BCUT2D eigenvalue weighted by atomic mass is 32.2. The Labute approximate surface area is 105 Å². The minimum atomic E-state index is -4.32. The Hall–Kier alpha value is -0.930. The second-order valence-electron chi connectivity index (χ2n) is 4.55. The Balaban J connectivity index is 2.48. The minimum absolute atomic E-state index is 0.0571. The molecule has 1 unspecified atom stereocenters. The van der Waals surface area contributed by atoms with E-state index in [-0.39, 0.29) is 11.5 Å². The molecule has 1 saturated heterocycles. The standard InChI is InChI=1S/C8H14N2O5S2/c1-8(2,3)15-7(11)9-5-4-10(6(5)16)17(12,13)14/h5H,4H2,1-3H3,(H,9,11)(H,12,13,14). The molecule has 1 heterocycles. The molecule has 1 amide bonds. The lowest BCUT2D eigenvalue weighted by atomic mass is 10.2. The summed E-state index contributed by atoms with van der Waals surface area (Å²) in [6.07, 6.45) is -0.681. The van der Waals surface area contributed by atoms with Gasteiger partial charge in [0, 0.05) is 0 Å². The molecule has 98 valence electrons. The van der Waals surface area contributed by atoms with E-state index in [2.05, 4.69) is 5.32 Å². The van der Waals surface area contributed by atoms with Crippen LogP contribution in [-0.2, 0) is 15.0 Å². The second kappa shape index (κ2) is 4.39. The topological polar surface area (TPSA) is 95.9 Å². The maximum absolute atomic E-state index is 11.3. The molecule has 1 aliphatic rings. The fraction of sp³-hybridized carbons (Fsp3) is 0.750. The van der Waals surface area contributed by atoms with Gasteiger partial charge in [-0.2, -0.15) is 8.42 Å². The number of carbonyl (C=O) groups excluding carboxylic acids is 1. The van der Waals surface area contributed by atoms with E-state index in [0.29, 0.717) is 4.31 Å². The molecular formula is C8H14N2O5S2. The molecular weight excluding hydrogens is 268 g/mol. The molecule has 0 saturated carbocycles. The average Bonchev–Trinajstić information content (AvgIpc) is 2.05. The van der Waals surface area contributed by atoms with E-state index in [1.807, 2.05) is 0 Å². The monoisotopic (exact) mass is 282 g/mol. The number of nitrogens with one attached hydrogen (secondary N) is 1. The van der Waals surface area contributed by atoms with Crippen LogP contribution < -0.4 is 5.32 Å². The Kier molecular flexibility index (Phi) is 3.65. The zero-order valence-corrected chi connectivity index (χ0v) is 11.3. The van der Waals surface area contributed by atoms with Gasteiger partial charge in [-0.3, -0.25) is 4.55 Å². The lowest BCUT2D eigenvalue weighted by molar-refractivity contribution is 0.0506. The van der Waals surface area contributed by atoms with Crippen LogP contribution in [0.2, 0.25) is 0 Å². The van der Waals surface area contributed by atoms with Crippen molar-refractivity contribution < 1.29 is 22.5 Å². The third kappa shape index (κ3) is 3.79. The summed E-state index contributed by atoms with van der Waals surface area (Å²) in [5.41, 5.74) is -0.641. The number of carbonyl (C=O) groups is 1. The number of alkyl carbamates (subject to hydrolysis) is 1. The van der Waals surface area contributed by atoms with Gasteiger partial charge in [-0.05, 0) is 20.8 Å². The van der Waals surface area contributed by atoms with Crippen molar-refractivity contribution in [3.63, 3.8) is 0 Å². The summed E-state index contributed by atoms with van der Waals surface area (Å²) in [5.74, 6) is 0. The van der Waals surface area contributed by atoms with Gasteiger partial charge < -0.3 is 10.1 Å². The van der Waals surface area contributed by atoms with Crippen molar-refractivity contribution in [3.8, 4) is 0 Å². The smallest absolute Gasteiger partial charge is 0.408 e. The van der Waals surface area contributed by atoms with Gasteiger partial charge in [-0.25, -0.2) is 9.10 Å². The van der Waals surface area contributed by atoms with Crippen molar-refractivity contribution in [2.75, 3.05) is 6.54 Å². The van der Waals surface area contributed by atoms with Crippen LogP contribution in [0.5, 0.6) is 0 Å². The van der Waals surface area contributed by atoms with Crippen molar-refractivity contribution in [3.05, 3.63) is 0 Å². The Morgan fingerprint density at radius 1 is 1.59 bits per heavy atom. The van der Waals surface area contributed by atoms with Crippen LogP contribution in [0, 0.1) is 0 Å². The van der Waals surface area contributed by atoms with Crippen LogP contribution in [0.25, 0.3) is 0 Å². The summed E-state index contributed by atoms with van der Waals surface area (Å²) >= 11 is 4.75. The van der Waals surface area contributed by atoms with E-state index in [0.717, 1.165) is 0 Å². The SMILES string of the molecule is CC(C)(C)OC(=O)NC1CN(S(=O)(=O)O)C1=S. The molecule has 0 aliphatic carbocycles. The molecule has 17 heavy (non-hydrogen) atoms. The third-order valence-electron chi connectivity index (χ3n) is 1.86. The predicted molar refractivity (Wildman–Crippen MR) is 64.0 cm³/mol. The molecule has 0 aromatic carbocycles. The van der Waals surface area contributed by atoms with E-state index < -0.39 is 28.0 Å². The van der Waals surface area contributed by atoms with Gasteiger partial charge in [0.15, 0.2) is 0 Å². The van der Waals surface area contributed by atoms with E-state index >= 15 is 0 Å². The second-order valence-corrected chi connectivity index (χ2v) is 6.30. The minimum Gasteiger partial charge on any atom is -0.444 e. The van der Waals surface area contributed by atoms with Crippen LogP contribution in [0.4, 0.5) is 4.79 Å². The lowest BCUT2D eigenvalue weighted by Gasteiger charge is -2.38. The van der Waals surface area contributed by atoms with Gasteiger partial charge in [0.05, 0.1) is 6.54 Å². The summed E-state index contributed by atoms with van der Waals surface area (Å²) in [6, 6.07) is -0.609. The first-order valence-electron chi connectivity index (χ1n) is 4.79. The summed E-state index contributed by atoms with van der Waals surface area (Å²) in [4.78, 5) is 11.3. The van der Waals surface area contributed by atoms with Gasteiger partial charge in [0.25, 0.3) is 0 Å². The van der Waals surface area contributed by atoms with Gasteiger partial charge in [0.2, 0.25) is 0 Å². The first kappa shape index (κ1) is 14.1. The fourth-order valence-corrected chi connectivity index (χ4v) is 2.34. The quantitative estimate of drug-likeness (QED) is 0.559.